The molecule has 20 heavy (non-hydrogen) atoms. The molecule has 0 spiro atoms. The molecule has 2 aromatic heterocycles. The molecule has 2 heterocycles. The SMILES string of the molecule is CNc1ccc(-c2cncc(OC)c2)nc1C(F)(F)F. The molecule has 4 nitrogen and oxygen atoms in total. The van der Waals surface area contributed by atoms with Crippen LogP contribution in [-0.2, 0) is 6.18 Å². The average Bonchev–Trinajstić information content (AvgIpc) is 2.45. The standard InChI is InChI=1S/C13H12F3N3O/c1-17-11-4-3-10(19-12(11)13(14,15)16)8-5-9(20-2)7-18-6-8/h3-7,17H,1-2H3. The number of aromatic nitrogens is 2. The molecule has 0 radical (unpaired) electrons. The summed E-state index contributed by atoms with van der Waals surface area (Å²) >= 11 is 0. The number of methoxy groups -OCH3 is 1. The van der Waals surface area contributed by atoms with E-state index in [2.05, 4.69) is 15.3 Å². The fourth-order valence-electron chi connectivity index (χ4n) is 1.71. The Morgan fingerprint density at radius 3 is 2.55 bits per heavy atom. The van der Waals surface area contributed by atoms with Crippen LogP contribution in [0.2, 0.25) is 0 Å². The lowest BCUT2D eigenvalue weighted by Gasteiger charge is -2.13. The van der Waals surface area contributed by atoms with E-state index in [0.29, 0.717) is 11.3 Å². The van der Waals surface area contributed by atoms with Crippen molar-refractivity contribution in [1.82, 2.24) is 9.97 Å². The van der Waals surface area contributed by atoms with Crippen LogP contribution in [0, 0.1) is 0 Å². The summed E-state index contributed by atoms with van der Waals surface area (Å²) in [6.07, 6.45) is -1.62. The van der Waals surface area contributed by atoms with E-state index >= 15 is 0 Å². The van der Waals surface area contributed by atoms with Crippen molar-refractivity contribution in [3.63, 3.8) is 0 Å². The Hall–Kier alpha value is -2.31. The molecule has 0 amide bonds. The summed E-state index contributed by atoms with van der Waals surface area (Å²) in [6, 6.07) is 4.41. The van der Waals surface area contributed by atoms with E-state index in [-0.39, 0.29) is 11.4 Å². The summed E-state index contributed by atoms with van der Waals surface area (Å²) in [5, 5.41) is 2.48. The molecule has 0 atom stereocenters. The lowest BCUT2D eigenvalue weighted by Crippen LogP contribution is -2.12. The molecule has 0 saturated heterocycles. The molecule has 0 aromatic carbocycles. The maximum absolute atomic E-state index is 12.9. The first-order chi connectivity index (χ1) is 9.45. The highest BCUT2D eigenvalue weighted by molar-refractivity contribution is 5.63. The van der Waals surface area contributed by atoms with Crippen molar-refractivity contribution < 1.29 is 17.9 Å². The largest absolute Gasteiger partial charge is 0.495 e. The molecule has 0 bridgehead atoms. The third kappa shape index (κ3) is 2.81. The van der Waals surface area contributed by atoms with Crippen LogP contribution in [0.5, 0.6) is 5.75 Å². The van der Waals surface area contributed by atoms with E-state index in [0.717, 1.165) is 0 Å². The van der Waals surface area contributed by atoms with Crippen LogP contribution in [0.1, 0.15) is 5.69 Å². The van der Waals surface area contributed by atoms with Crippen LogP contribution in [0.4, 0.5) is 18.9 Å². The molecule has 2 aromatic rings. The minimum atomic E-state index is -4.53. The minimum absolute atomic E-state index is 0.0721. The van der Waals surface area contributed by atoms with Crippen LogP contribution < -0.4 is 10.1 Å². The second kappa shape index (κ2) is 5.36. The van der Waals surface area contributed by atoms with Crippen molar-refractivity contribution in [2.24, 2.45) is 0 Å². The second-order valence-corrected chi connectivity index (χ2v) is 3.95. The van der Waals surface area contributed by atoms with E-state index in [9.17, 15) is 13.2 Å². The molecule has 0 aliphatic carbocycles. The first-order valence-electron chi connectivity index (χ1n) is 5.71. The molecular weight excluding hydrogens is 271 g/mol. The van der Waals surface area contributed by atoms with Gasteiger partial charge in [-0.3, -0.25) is 4.98 Å². The van der Waals surface area contributed by atoms with Crippen LogP contribution >= 0.6 is 0 Å². The Labute approximate surface area is 113 Å². The summed E-state index contributed by atoms with van der Waals surface area (Å²) in [4.78, 5) is 7.58. The highest BCUT2D eigenvalue weighted by atomic mass is 19.4. The van der Waals surface area contributed by atoms with Gasteiger partial charge in [0, 0.05) is 18.8 Å². The maximum atomic E-state index is 12.9. The van der Waals surface area contributed by atoms with E-state index < -0.39 is 11.9 Å². The quantitative estimate of drug-likeness (QED) is 0.939. The summed E-state index contributed by atoms with van der Waals surface area (Å²) in [6.45, 7) is 0. The minimum Gasteiger partial charge on any atom is -0.495 e. The van der Waals surface area contributed by atoms with Gasteiger partial charge in [-0.2, -0.15) is 13.2 Å². The number of halogens is 3. The van der Waals surface area contributed by atoms with Gasteiger partial charge in [-0.05, 0) is 18.2 Å². The van der Waals surface area contributed by atoms with E-state index in [1.807, 2.05) is 0 Å². The number of rotatable bonds is 3. The fourth-order valence-corrected chi connectivity index (χ4v) is 1.71. The molecule has 0 unspecified atom stereocenters. The normalized spacial score (nSPS) is 11.2. The van der Waals surface area contributed by atoms with Crippen molar-refractivity contribution in [3.8, 4) is 17.0 Å². The lowest BCUT2D eigenvalue weighted by molar-refractivity contribution is -0.140. The fraction of sp³-hybridized carbons (Fsp3) is 0.231. The smallest absolute Gasteiger partial charge is 0.435 e. The topological polar surface area (TPSA) is 47.0 Å². The Bertz CT molecular complexity index is 614. The van der Waals surface area contributed by atoms with Gasteiger partial charge in [-0.15, -0.1) is 0 Å². The molecule has 0 saturated carbocycles. The van der Waals surface area contributed by atoms with Crippen molar-refractivity contribution in [2.45, 2.75) is 6.18 Å². The summed E-state index contributed by atoms with van der Waals surface area (Å²) in [7, 11) is 2.87. The van der Waals surface area contributed by atoms with Crippen LogP contribution in [-0.4, -0.2) is 24.1 Å². The van der Waals surface area contributed by atoms with Gasteiger partial charge >= 0.3 is 6.18 Å². The summed E-state index contributed by atoms with van der Waals surface area (Å²) in [5.74, 6) is 0.454. The molecule has 0 fully saturated rings. The highest BCUT2D eigenvalue weighted by Gasteiger charge is 2.35. The van der Waals surface area contributed by atoms with Gasteiger partial charge in [0.05, 0.1) is 24.7 Å². The first kappa shape index (κ1) is 14.1. The van der Waals surface area contributed by atoms with Crippen molar-refractivity contribution in [1.29, 1.82) is 0 Å². The second-order valence-electron chi connectivity index (χ2n) is 3.95. The van der Waals surface area contributed by atoms with Crippen LogP contribution in [0.15, 0.2) is 30.6 Å². The molecular formula is C13H12F3N3O. The van der Waals surface area contributed by atoms with Gasteiger partial charge < -0.3 is 10.1 Å². The number of hydrogen-bond acceptors (Lipinski definition) is 4. The maximum Gasteiger partial charge on any atom is 0.435 e. The molecule has 7 heteroatoms. The van der Waals surface area contributed by atoms with E-state index in [1.165, 1.54) is 38.7 Å². The zero-order chi connectivity index (χ0) is 14.8. The van der Waals surface area contributed by atoms with Gasteiger partial charge in [0.1, 0.15) is 5.75 Å². The van der Waals surface area contributed by atoms with Crippen molar-refractivity contribution in [2.75, 3.05) is 19.5 Å². The number of pyridine rings is 2. The molecule has 0 aliphatic heterocycles. The van der Waals surface area contributed by atoms with Gasteiger partial charge in [-0.25, -0.2) is 4.98 Å². The van der Waals surface area contributed by atoms with Crippen LogP contribution in [0.25, 0.3) is 11.3 Å². The Morgan fingerprint density at radius 1 is 1.20 bits per heavy atom. The number of nitrogens with one attached hydrogen (secondary N) is 1. The highest BCUT2D eigenvalue weighted by Crippen LogP contribution is 2.35. The number of hydrogen-bond donors (Lipinski definition) is 1. The Kier molecular flexibility index (Phi) is 3.78. The molecule has 106 valence electrons. The molecule has 0 aliphatic rings. The third-order valence-corrected chi connectivity index (χ3v) is 2.68. The molecule has 2 rings (SSSR count). The lowest BCUT2D eigenvalue weighted by atomic mass is 10.1. The van der Waals surface area contributed by atoms with Gasteiger partial charge in [0.15, 0.2) is 5.69 Å². The monoisotopic (exact) mass is 283 g/mol. The first-order valence-corrected chi connectivity index (χ1v) is 5.71. The van der Waals surface area contributed by atoms with Gasteiger partial charge in [-0.1, -0.05) is 0 Å². The van der Waals surface area contributed by atoms with E-state index in [1.54, 1.807) is 6.07 Å². The number of alkyl halides is 3. The summed E-state index contributed by atoms with van der Waals surface area (Å²) < 4.78 is 43.8. The molecule has 1 N–H and O–H groups in total. The number of ether oxygens (including phenoxy) is 1. The van der Waals surface area contributed by atoms with Gasteiger partial charge in [0.2, 0.25) is 0 Å². The van der Waals surface area contributed by atoms with E-state index in [4.69, 9.17) is 4.74 Å². The zero-order valence-electron chi connectivity index (χ0n) is 10.8. The number of anilines is 1. The predicted molar refractivity (Wildman–Crippen MR) is 68.6 cm³/mol. The van der Waals surface area contributed by atoms with Crippen molar-refractivity contribution >= 4 is 5.69 Å². The number of nitrogens with zero attached hydrogens (tertiary/aromatic N) is 2. The zero-order valence-corrected chi connectivity index (χ0v) is 10.8. The summed E-state index contributed by atoms with van der Waals surface area (Å²) in [5.41, 5.74) is -0.391. The van der Waals surface area contributed by atoms with Crippen molar-refractivity contribution in [3.05, 3.63) is 36.3 Å². The Morgan fingerprint density at radius 2 is 1.95 bits per heavy atom. The predicted octanol–water partition coefficient (Wildman–Crippen LogP) is 3.21. The van der Waals surface area contributed by atoms with Crippen LogP contribution in [0.3, 0.4) is 0 Å². The Balaban J connectivity index is 2.53. The average molecular weight is 283 g/mol. The van der Waals surface area contributed by atoms with Gasteiger partial charge in [0.25, 0.3) is 0 Å². The third-order valence-electron chi connectivity index (χ3n) is 2.68.